The molecule has 0 spiro atoms. The molecule has 0 bridgehead atoms. The van der Waals surface area contributed by atoms with E-state index < -0.39 is 10.2 Å². The van der Waals surface area contributed by atoms with Crippen molar-refractivity contribution in [2.75, 3.05) is 53.0 Å². The van der Waals surface area contributed by atoms with Crippen molar-refractivity contribution in [2.24, 2.45) is 0 Å². The molecule has 1 aromatic carbocycles. The third-order valence-electron chi connectivity index (χ3n) is 4.29. The van der Waals surface area contributed by atoms with Crippen LogP contribution in [-0.4, -0.2) is 70.1 Å². The van der Waals surface area contributed by atoms with E-state index in [0.29, 0.717) is 45.9 Å². The van der Waals surface area contributed by atoms with E-state index >= 15 is 0 Å². The Kier molecular flexibility index (Phi) is 5.17. The van der Waals surface area contributed by atoms with E-state index in [1.165, 1.54) is 4.31 Å². The maximum absolute atomic E-state index is 13.0. The number of nitrogens with zero attached hydrogens (tertiary/aromatic N) is 2. The molecule has 2 aliphatic heterocycles. The van der Waals surface area contributed by atoms with Gasteiger partial charge in [-0.1, -0.05) is 12.1 Å². The van der Waals surface area contributed by atoms with Crippen LogP contribution in [-0.2, 0) is 14.9 Å². The summed E-state index contributed by atoms with van der Waals surface area (Å²) in [6.45, 7) is 3.49. The predicted molar refractivity (Wildman–Crippen MR) is 86.6 cm³/mol. The van der Waals surface area contributed by atoms with Crippen LogP contribution >= 0.6 is 0 Å². The molecular weight excluding hydrogens is 318 g/mol. The van der Waals surface area contributed by atoms with Crippen LogP contribution in [0.25, 0.3) is 0 Å². The normalized spacial score (nSPS) is 24.5. The Labute approximate surface area is 137 Å². The molecular formula is C15H23N3O4S. The summed E-state index contributed by atoms with van der Waals surface area (Å²) in [4.78, 5) is 0. The number of benzene rings is 1. The SMILES string of the molecule is COc1ccc(C2CNCCN2S(=O)(=O)N2CCOCC2)cc1. The molecule has 3 rings (SSSR count). The van der Waals surface area contributed by atoms with Gasteiger partial charge in [0.25, 0.3) is 10.2 Å². The van der Waals surface area contributed by atoms with Crippen LogP contribution < -0.4 is 10.1 Å². The number of nitrogens with one attached hydrogen (secondary N) is 1. The summed E-state index contributed by atoms with van der Waals surface area (Å²) in [6.07, 6.45) is 0. The molecule has 0 radical (unpaired) electrons. The fourth-order valence-corrected chi connectivity index (χ4v) is 4.74. The molecule has 1 aromatic rings. The van der Waals surface area contributed by atoms with Gasteiger partial charge in [0.15, 0.2) is 0 Å². The highest BCUT2D eigenvalue weighted by Gasteiger charge is 2.37. The van der Waals surface area contributed by atoms with Crippen LogP contribution in [0.15, 0.2) is 24.3 Å². The number of ether oxygens (including phenoxy) is 2. The van der Waals surface area contributed by atoms with E-state index in [1.54, 1.807) is 11.4 Å². The lowest BCUT2D eigenvalue weighted by Gasteiger charge is -2.39. The minimum Gasteiger partial charge on any atom is -0.497 e. The maximum atomic E-state index is 13.0. The molecule has 1 N–H and O–H groups in total. The van der Waals surface area contributed by atoms with Crippen molar-refractivity contribution in [3.8, 4) is 5.75 Å². The third-order valence-corrected chi connectivity index (χ3v) is 6.34. The number of hydrogen-bond acceptors (Lipinski definition) is 5. The van der Waals surface area contributed by atoms with Crippen molar-refractivity contribution in [2.45, 2.75) is 6.04 Å². The van der Waals surface area contributed by atoms with Gasteiger partial charge in [-0.3, -0.25) is 0 Å². The lowest BCUT2D eigenvalue weighted by atomic mass is 10.1. The third kappa shape index (κ3) is 3.51. The molecule has 7 nitrogen and oxygen atoms in total. The topological polar surface area (TPSA) is 71.1 Å². The summed E-state index contributed by atoms with van der Waals surface area (Å²) in [5.41, 5.74) is 0.967. The molecule has 0 aromatic heterocycles. The van der Waals surface area contributed by atoms with Crippen LogP contribution in [0.4, 0.5) is 0 Å². The molecule has 0 aliphatic carbocycles. The molecule has 2 heterocycles. The Morgan fingerprint density at radius 2 is 1.87 bits per heavy atom. The minimum absolute atomic E-state index is 0.206. The maximum Gasteiger partial charge on any atom is 0.282 e. The molecule has 2 aliphatic rings. The monoisotopic (exact) mass is 341 g/mol. The average Bonchev–Trinajstić information content (AvgIpc) is 2.62. The Morgan fingerprint density at radius 3 is 2.52 bits per heavy atom. The van der Waals surface area contributed by atoms with Crippen molar-refractivity contribution >= 4 is 10.2 Å². The quantitative estimate of drug-likeness (QED) is 0.848. The van der Waals surface area contributed by atoms with Gasteiger partial charge in [-0.2, -0.15) is 17.0 Å². The first kappa shape index (κ1) is 16.7. The van der Waals surface area contributed by atoms with Crippen molar-refractivity contribution in [1.82, 2.24) is 13.9 Å². The Hall–Kier alpha value is -1.19. The fourth-order valence-electron chi connectivity index (χ4n) is 3.00. The average molecular weight is 341 g/mol. The van der Waals surface area contributed by atoms with Gasteiger partial charge in [-0.05, 0) is 17.7 Å². The second-order valence-electron chi connectivity index (χ2n) is 5.62. The van der Waals surface area contributed by atoms with Gasteiger partial charge in [0.1, 0.15) is 5.75 Å². The van der Waals surface area contributed by atoms with Crippen LogP contribution in [0.5, 0.6) is 5.75 Å². The standard InChI is InChI=1S/C15H23N3O4S/c1-21-14-4-2-13(3-5-14)15-12-16-6-7-18(15)23(19,20)17-8-10-22-11-9-17/h2-5,15-16H,6-12H2,1H3. The highest BCUT2D eigenvalue weighted by molar-refractivity contribution is 7.86. The largest absolute Gasteiger partial charge is 0.497 e. The van der Waals surface area contributed by atoms with Crippen LogP contribution in [0, 0.1) is 0 Å². The fraction of sp³-hybridized carbons (Fsp3) is 0.600. The zero-order chi connectivity index (χ0) is 16.3. The van der Waals surface area contributed by atoms with Crippen molar-refractivity contribution in [1.29, 1.82) is 0 Å². The van der Waals surface area contributed by atoms with Crippen LogP contribution in [0.3, 0.4) is 0 Å². The summed E-state index contributed by atoms with van der Waals surface area (Å²) in [7, 11) is -1.87. The molecule has 1 unspecified atom stereocenters. The first-order valence-electron chi connectivity index (χ1n) is 7.82. The minimum atomic E-state index is -3.48. The van der Waals surface area contributed by atoms with Crippen molar-refractivity contribution in [3.63, 3.8) is 0 Å². The van der Waals surface area contributed by atoms with E-state index in [9.17, 15) is 8.42 Å². The lowest BCUT2D eigenvalue weighted by Crippen LogP contribution is -2.55. The summed E-state index contributed by atoms with van der Waals surface area (Å²) in [5.74, 6) is 0.764. The van der Waals surface area contributed by atoms with Crippen molar-refractivity contribution in [3.05, 3.63) is 29.8 Å². The van der Waals surface area contributed by atoms with Gasteiger partial charge in [-0.15, -0.1) is 0 Å². The summed E-state index contributed by atoms with van der Waals surface area (Å²) < 4.78 is 39.6. The molecule has 2 fully saturated rings. The van der Waals surface area contributed by atoms with Crippen LogP contribution in [0.1, 0.15) is 11.6 Å². The van der Waals surface area contributed by atoms with Crippen LogP contribution in [0.2, 0.25) is 0 Å². The van der Waals surface area contributed by atoms with Gasteiger partial charge < -0.3 is 14.8 Å². The smallest absolute Gasteiger partial charge is 0.282 e. The Balaban J connectivity index is 1.85. The first-order chi connectivity index (χ1) is 11.1. The van der Waals surface area contributed by atoms with Gasteiger partial charge in [-0.25, -0.2) is 0 Å². The molecule has 128 valence electrons. The Bertz CT molecular complexity index is 614. The molecule has 0 saturated carbocycles. The predicted octanol–water partition coefficient (Wildman–Crippen LogP) is 0.219. The zero-order valence-corrected chi connectivity index (χ0v) is 14.1. The number of morpholine rings is 1. The molecule has 8 heteroatoms. The summed E-state index contributed by atoms with van der Waals surface area (Å²) in [5, 5.41) is 3.29. The highest BCUT2D eigenvalue weighted by Crippen LogP contribution is 2.28. The van der Waals surface area contributed by atoms with E-state index in [4.69, 9.17) is 9.47 Å². The number of hydrogen-bond donors (Lipinski definition) is 1. The second kappa shape index (κ2) is 7.14. The molecule has 0 amide bonds. The van der Waals surface area contributed by atoms with E-state index in [-0.39, 0.29) is 6.04 Å². The number of rotatable bonds is 4. The van der Waals surface area contributed by atoms with E-state index in [2.05, 4.69) is 5.32 Å². The van der Waals surface area contributed by atoms with Gasteiger partial charge in [0, 0.05) is 32.7 Å². The summed E-state index contributed by atoms with van der Waals surface area (Å²) >= 11 is 0. The molecule has 1 atom stereocenters. The number of methoxy groups -OCH3 is 1. The molecule has 23 heavy (non-hydrogen) atoms. The van der Waals surface area contributed by atoms with E-state index in [1.807, 2.05) is 24.3 Å². The summed E-state index contributed by atoms with van der Waals surface area (Å²) in [6, 6.07) is 7.38. The number of piperazine rings is 1. The van der Waals surface area contributed by atoms with Gasteiger partial charge in [0.2, 0.25) is 0 Å². The lowest BCUT2D eigenvalue weighted by molar-refractivity contribution is 0.0685. The zero-order valence-electron chi connectivity index (χ0n) is 13.3. The van der Waals surface area contributed by atoms with Crippen molar-refractivity contribution < 1.29 is 17.9 Å². The van der Waals surface area contributed by atoms with Gasteiger partial charge in [0.05, 0.1) is 26.4 Å². The highest BCUT2D eigenvalue weighted by atomic mass is 32.2. The first-order valence-corrected chi connectivity index (χ1v) is 9.22. The van der Waals surface area contributed by atoms with Gasteiger partial charge >= 0.3 is 0 Å². The Morgan fingerprint density at radius 1 is 1.17 bits per heavy atom. The molecule has 2 saturated heterocycles. The second-order valence-corrected chi connectivity index (χ2v) is 7.50. The van der Waals surface area contributed by atoms with E-state index in [0.717, 1.165) is 11.3 Å².